The van der Waals surface area contributed by atoms with Gasteiger partial charge in [-0.05, 0) is 18.6 Å². The van der Waals surface area contributed by atoms with Crippen molar-refractivity contribution in [1.82, 2.24) is 4.98 Å². The molecule has 1 aromatic carbocycles. The van der Waals surface area contributed by atoms with E-state index in [0.29, 0.717) is 11.8 Å². The number of benzene rings is 1. The summed E-state index contributed by atoms with van der Waals surface area (Å²) in [5, 5.41) is 2.47. The van der Waals surface area contributed by atoms with Gasteiger partial charge in [0.15, 0.2) is 17.5 Å². The van der Waals surface area contributed by atoms with Gasteiger partial charge in [-0.25, -0.2) is 18.2 Å². The number of halogens is 3. The number of pyridine rings is 1. The number of aryl methyl sites for hydroxylation is 1. The van der Waals surface area contributed by atoms with Crippen molar-refractivity contribution in [3.8, 4) is 0 Å². The summed E-state index contributed by atoms with van der Waals surface area (Å²) in [6.07, 6.45) is 1.46. The van der Waals surface area contributed by atoms with E-state index >= 15 is 0 Å². The van der Waals surface area contributed by atoms with Crippen LogP contribution < -0.4 is 11.1 Å². The number of rotatable bonds is 2. The molecular formula is C12H10F3N3. The van der Waals surface area contributed by atoms with Crippen LogP contribution in [-0.4, -0.2) is 4.98 Å². The number of hydrogen-bond donors (Lipinski definition) is 2. The molecule has 94 valence electrons. The lowest BCUT2D eigenvalue weighted by Crippen LogP contribution is -2.03. The molecule has 6 heteroatoms. The average molecular weight is 253 g/mol. The molecular weight excluding hydrogens is 243 g/mol. The smallest absolute Gasteiger partial charge is 0.182 e. The summed E-state index contributed by atoms with van der Waals surface area (Å²) in [5.74, 6) is -3.19. The zero-order valence-electron chi connectivity index (χ0n) is 9.47. The molecule has 0 atom stereocenters. The number of nitrogens with one attached hydrogen (secondary N) is 1. The van der Waals surface area contributed by atoms with E-state index in [4.69, 9.17) is 5.73 Å². The van der Waals surface area contributed by atoms with E-state index < -0.39 is 17.5 Å². The highest BCUT2D eigenvalue weighted by atomic mass is 19.2. The van der Waals surface area contributed by atoms with Crippen molar-refractivity contribution in [2.75, 3.05) is 11.1 Å². The van der Waals surface area contributed by atoms with Gasteiger partial charge in [0.25, 0.3) is 0 Å². The standard InChI is InChI=1S/C12H10F3N3/c1-6-2-3-17-12(11(6)16)18-9-5-7(13)4-8(14)10(9)15/h2-5H,16H2,1H3,(H,17,18). The SMILES string of the molecule is Cc1ccnc(Nc2cc(F)cc(F)c2F)c1N. The first-order valence-corrected chi connectivity index (χ1v) is 5.11. The highest BCUT2D eigenvalue weighted by molar-refractivity contribution is 5.71. The van der Waals surface area contributed by atoms with Crippen LogP contribution in [0.25, 0.3) is 0 Å². The highest BCUT2D eigenvalue weighted by Gasteiger charge is 2.13. The summed E-state index contributed by atoms with van der Waals surface area (Å²) in [6, 6.07) is 2.97. The molecule has 0 unspecified atom stereocenters. The fraction of sp³-hybridized carbons (Fsp3) is 0.0833. The van der Waals surface area contributed by atoms with Crippen LogP contribution in [0.4, 0.5) is 30.4 Å². The number of anilines is 3. The molecule has 0 fully saturated rings. The first-order chi connectivity index (χ1) is 8.49. The van der Waals surface area contributed by atoms with Crippen molar-refractivity contribution < 1.29 is 13.2 Å². The van der Waals surface area contributed by atoms with Gasteiger partial charge in [-0.3, -0.25) is 0 Å². The molecule has 18 heavy (non-hydrogen) atoms. The zero-order chi connectivity index (χ0) is 13.3. The summed E-state index contributed by atoms with van der Waals surface area (Å²) in [4.78, 5) is 3.89. The third-order valence-electron chi connectivity index (χ3n) is 2.45. The topological polar surface area (TPSA) is 50.9 Å². The molecule has 0 saturated carbocycles. The first kappa shape index (κ1) is 12.2. The van der Waals surface area contributed by atoms with Gasteiger partial charge in [-0.2, -0.15) is 0 Å². The third kappa shape index (κ3) is 2.22. The Morgan fingerprint density at radius 1 is 1.22 bits per heavy atom. The number of aromatic nitrogens is 1. The molecule has 0 radical (unpaired) electrons. The largest absolute Gasteiger partial charge is 0.396 e. The van der Waals surface area contributed by atoms with Gasteiger partial charge in [-0.15, -0.1) is 0 Å². The molecule has 3 nitrogen and oxygen atoms in total. The van der Waals surface area contributed by atoms with Crippen LogP contribution in [0.15, 0.2) is 24.4 Å². The van der Waals surface area contributed by atoms with Gasteiger partial charge < -0.3 is 11.1 Å². The molecule has 0 amide bonds. The third-order valence-corrected chi connectivity index (χ3v) is 2.45. The van der Waals surface area contributed by atoms with E-state index in [9.17, 15) is 13.2 Å². The van der Waals surface area contributed by atoms with Gasteiger partial charge in [0.2, 0.25) is 0 Å². The van der Waals surface area contributed by atoms with Crippen LogP contribution in [0.2, 0.25) is 0 Å². The predicted octanol–water partition coefficient (Wildman–Crippen LogP) is 3.13. The lowest BCUT2D eigenvalue weighted by atomic mass is 10.2. The summed E-state index contributed by atoms with van der Waals surface area (Å²) >= 11 is 0. The van der Waals surface area contributed by atoms with E-state index in [0.717, 1.165) is 11.6 Å². The predicted molar refractivity (Wildman–Crippen MR) is 63.0 cm³/mol. The number of nitrogens with two attached hydrogens (primary N) is 1. The van der Waals surface area contributed by atoms with Crippen LogP contribution in [0.1, 0.15) is 5.56 Å². The molecule has 1 heterocycles. The molecule has 0 spiro atoms. The maximum absolute atomic E-state index is 13.4. The Bertz CT molecular complexity index is 599. The maximum Gasteiger partial charge on any atom is 0.182 e. The van der Waals surface area contributed by atoms with Crippen molar-refractivity contribution in [1.29, 1.82) is 0 Å². The van der Waals surface area contributed by atoms with Crippen LogP contribution in [-0.2, 0) is 0 Å². The van der Waals surface area contributed by atoms with Crippen molar-refractivity contribution in [2.45, 2.75) is 6.92 Å². The summed E-state index contributed by atoms with van der Waals surface area (Å²) in [7, 11) is 0. The van der Waals surface area contributed by atoms with E-state index in [1.807, 2.05) is 0 Å². The Hall–Kier alpha value is -2.24. The van der Waals surface area contributed by atoms with E-state index in [-0.39, 0.29) is 11.5 Å². The van der Waals surface area contributed by atoms with Gasteiger partial charge in [0, 0.05) is 18.3 Å². The van der Waals surface area contributed by atoms with Crippen LogP contribution >= 0.6 is 0 Å². The second-order valence-corrected chi connectivity index (χ2v) is 3.76. The van der Waals surface area contributed by atoms with E-state index in [1.165, 1.54) is 6.20 Å². The monoisotopic (exact) mass is 253 g/mol. The number of nitrogens with zero attached hydrogens (tertiary/aromatic N) is 1. The molecule has 2 aromatic rings. The van der Waals surface area contributed by atoms with Crippen LogP contribution in [0.5, 0.6) is 0 Å². The molecule has 0 aliphatic heterocycles. The van der Waals surface area contributed by atoms with Gasteiger partial charge >= 0.3 is 0 Å². The van der Waals surface area contributed by atoms with Crippen molar-refractivity contribution in [3.05, 3.63) is 47.4 Å². The Morgan fingerprint density at radius 3 is 2.67 bits per heavy atom. The molecule has 2 rings (SSSR count). The van der Waals surface area contributed by atoms with Crippen molar-refractivity contribution in [2.24, 2.45) is 0 Å². The lowest BCUT2D eigenvalue weighted by Gasteiger charge is -2.11. The Kier molecular flexibility index (Phi) is 3.10. The molecule has 1 aromatic heterocycles. The fourth-order valence-corrected chi connectivity index (χ4v) is 1.44. The molecule has 0 aliphatic rings. The number of nitrogen functional groups attached to an aromatic ring is 1. The van der Waals surface area contributed by atoms with Crippen LogP contribution in [0, 0.1) is 24.4 Å². The minimum absolute atomic E-state index is 0.152. The number of hydrogen-bond acceptors (Lipinski definition) is 3. The van der Waals surface area contributed by atoms with Crippen molar-refractivity contribution in [3.63, 3.8) is 0 Å². The van der Waals surface area contributed by atoms with Gasteiger partial charge in [0.05, 0.1) is 11.4 Å². The molecule has 0 saturated heterocycles. The Balaban J connectivity index is 2.43. The van der Waals surface area contributed by atoms with Crippen molar-refractivity contribution >= 4 is 17.2 Å². The average Bonchev–Trinajstić information content (AvgIpc) is 2.31. The minimum atomic E-state index is -1.27. The Morgan fingerprint density at radius 2 is 1.94 bits per heavy atom. The quantitative estimate of drug-likeness (QED) is 0.808. The van der Waals surface area contributed by atoms with Crippen LogP contribution in [0.3, 0.4) is 0 Å². The summed E-state index contributed by atoms with van der Waals surface area (Å²) in [6.45, 7) is 1.74. The second-order valence-electron chi connectivity index (χ2n) is 3.76. The Labute approximate surface area is 101 Å². The summed E-state index contributed by atoms with van der Waals surface area (Å²) < 4.78 is 39.4. The maximum atomic E-state index is 13.4. The fourth-order valence-electron chi connectivity index (χ4n) is 1.44. The zero-order valence-corrected chi connectivity index (χ0v) is 9.47. The summed E-state index contributed by atoms with van der Waals surface area (Å²) in [5.41, 5.74) is 6.39. The first-order valence-electron chi connectivity index (χ1n) is 5.11. The second kappa shape index (κ2) is 4.56. The normalized spacial score (nSPS) is 10.4. The molecule has 0 bridgehead atoms. The van der Waals surface area contributed by atoms with Gasteiger partial charge in [0.1, 0.15) is 5.82 Å². The van der Waals surface area contributed by atoms with E-state index in [2.05, 4.69) is 10.3 Å². The van der Waals surface area contributed by atoms with Gasteiger partial charge in [-0.1, -0.05) is 0 Å². The highest BCUT2D eigenvalue weighted by Crippen LogP contribution is 2.26. The van der Waals surface area contributed by atoms with E-state index in [1.54, 1.807) is 13.0 Å². The molecule has 0 aliphatic carbocycles. The molecule has 3 N–H and O–H groups in total. The lowest BCUT2D eigenvalue weighted by molar-refractivity contribution is 0.498. The minimum Gasteiger partial charge on any atom is -0.396 e.